The highest BCUT2D eigenvalue weighted by atomic mass is 32.2. The van der Waals surface area contributed by atoms with Gasteiger partial charge in [-0.05, 0) is 18.2 Å². The normalized spacial score (nSPS) is 16.8. The summed E-state index contributed by atoms with van der Waals surface area (Å²) in [5.74, 6) is -0.438. The minimum absolute atomic E-state index is 0.169. The van der Waals surface area contributed by atoms with Gasteiger partial charge in [-0.3, -0.25) is 0 Å². The summed E-state index contributed by atoms with van der Waals surface area (Å²) in [4.78, 5) is 27.6. The van der Waals surface area contributed by atoms with Crippen LogP contribution in [-0.2, 0) is 14.8 Å². The molecular formula is C16H16N6O4S. The average Bonchev–Trinajstić information content (AvgIpc) is 3.00. The molecule has 4 heterocycles. The van der Waals surface area contributed by atoms with Crippen LogP contribution in [0, 0.1) is 0 Å². The summed E-state index contributed by atoms with van der Waals surface area (Å²) in [6.45, 7) is -0.338. The van der Waals surface area contributed by atoms with Gasteiger partial charge >= 0.3 is 5.97 Å². The molecule has 10 nitrogen and oxygen atoms in total. The van der Waals surface area contributed by atoms with Crippen LogP contribution in [0.1, 0.15) is 0 Å². The van der Waals surface area contributed by atoms with Crippen molar-refractivity contribution in [3.63, 3.8) is 0 Å². The van der Waals surface area contributed by atoms with Crippen LogP contribution in [0.25, 0.3) is 22.4 Å². The Morgan fingerprint density at radius 2 is 2.07 bits per heavy atom. The number of carboxylic acids is 1. The predicted molar refractivity (Wildman–Crippen MR) is 97.5 cm³/mol. The number of sulfonamides is 1. The summed E-state index contributed by atoms with van der Waals surface area (Å²) in [6.07, 6.45) is 5.97. The molecule has 11 heteroatoms. The van der Waals surface area contributed by atoms with Crippen LogP contribution in [0.5, 0.6) is 0 Å². The molecule has 0 radical (unpaired) electrons. The predicted octanol–water partition coefficient (Wildman–Crippen LogP) is 0.530. The monoisotopic (exact) mass is 388 g/mol. The molecule has 0 spiro atoms. The quantitative estimate of drug-likeness (QED) is 0.575. The van der Waals surface area contributed by atoms with Crippen LogP contribution in [0.2, 0.25) is 0 Å². The third-order valence-corrected chi connectivity index (χ3v) is 5.68. The summed E-state index contributed by atoms with van der Waals surface area (Å²) in [5.41, 5.74) is 0.00738. The number of aromatic amines is 1. The first-order valence-corrected chi connectivity index (χ1v) is 9.86. The number of aliphatic carboxylic acids is 1. The highest BCUT2D eigenvalue weighted by Crippen LogP contribution is 2.29. The first kappa shape index (κ1) is 17.4. The largest absolute Gasteiger partial charge is 0.479 e. The number of H-pyrrole nitrogens is 1. The number of carboxylic acid groups (broad SMARTS) is 1. The standard InChI is InChI=1S/C16H16N6O4S/c1-27(25,26)22-8-16(9-22,15(23)24)21-12-4-6-18-14(20-12)11-7-19-13-10(11)3-2-5-17-13/h2-7H,8-9H2,1H3,(H,17,19)(H,23,24)(H,18,20,21). The number of hydrogen-bond acceptors (Lipinski definition) is 7. The van der Waals surface area contributed by atoms with Crippen molar-refractivity contribution in [1.82, 2.24) is 24.2 Å². The molecule has 3 N–H and O–H groups in total. The van der Waals surface area contributed by atoms with E-state index < -0.39 is 21.5 Å². The molecule has 3 aromatic rings. The number of nitrogens with zero attached hydrogens (tertiary/aromatic N) is 4. The maximum Gasteiger partial charge on any atom is 0.332 e. The molecule has 1 aliphatic rings. The van der Waals surface area contributed by atoms with Gasteiger partial charge in [0, 0.05) is 42.6 Å². The van der Waals surface area contributed by atoms with E-state index in [0.717, 1.165) is 21.5 Å². The van der Waals surface area contributed by atoms with Crippen molar-refractivity contribution in [3.8, 4) is 11.4 Å². The Balaban J connectivity index is 1.64. The van der Waals surface area contributed by atoms with Crippen molar-refractivity contribution in [3.05, 3.63) is 36.8 Å². The van der Waals surface area contributed by atoms with E-state index in [0.29, 0.717) is 17.3 Å². The number of carbonyl (C=O) groups is 1. The van der Waals surface area contributed by atoms with E-state index in [1.165, 1.54) is 6.20 Å². The van der Waals surface area contributed by atoms with E-state index in [1.807, 2.05) is 6.07 Å². The van der Waals surface area contributed by atoms with Gasteiger partial charge in [-0.2, -0.15) is 4.31 Å². The average molecular weight is 388 g/mol. The molecule has 1 aliphatic heterocycles. The Kier molecular flexibility index (Phi) is 3.86. The molecule has 0 aliphatic carbocycles. The molecule has 0 unspecified atom stereocenters. The van der Waals surface area contributed by atoms with Crippen LogP contribution in [0.4, 0.5) is 5.82 Å². The number of pyridine rings is 1. The Bertz CT molecular complexity index is 1140. The van der Waals surface area contributed by atoms with Gasteiger partial charge in [0.1, 0.15) is 11.5 Å². The van der Waals surface area contributed by atoms with Gasteiger partial charge in [-0.15, -0.1) is 0 Å². The third kappa shape index (κ3) is 3.00. The summed E-state index contributed by atoms with van der Waals surface area (Å²) in [5, 5.41) is 13.3. The molecule has 0 bridgehead atoms. The van der Waals surface area contributed by atoms with Crippen molar-refractivity contribution in [2.24, 2.45) is 0 Å². The van der Waals surface area contributed by atoms with E-state index in [9.17, 15) is 18.3 Å². The van der Waals surface area contributed by atoms with Crippen molar-refractivity contribution < 1.29 is 18.3 Å². The van der Waals surface area contributed by atoms with Crippen LogP contribution >= 0.6 is 0 Å². The highest BCUT2D eigenvalue weighted by molar-refractivity contribution is 7.88. The fourth-order valence-electron chi connectivity index (χ4n) is 3.00. The Morgan fingerprint density at radius 1 is 1.30 bits per heavy atom. The molecule has 4 rings (SSSR count). The Hall–Kier alpha value is -3.05. The Labute approximate surface area is 154 Å². The van der Waals surface area contributed by atoms with E-state index >= 15 is 0 Å². The lowest BCUT2D eigenvalue weighted by Crippen LogP contribution is -2.71. The van der Waals surface area contributed by atoms with E-state index in [-0.39, 0.29) is 13.1 Å². The van der Waals surface area contributed by atoms with Crippen molar-refractivity contribution >= 4 is 32.8 Å². The first-order valence-electron chi connectivity index (χ1n) is 8.01. The smallest absolute Gasteiger partial charge is 0.332 e. The van der Waals surface area contributed by atoms with Gasteiger partial charge in [0.15, 0.2) is 11.4 Å². The summed E-state index contributed by atoms with van der Waals surface area (Å²) >= 11 is 0. The van der Waals surface area contributed by atoms with Crippen molar-refractivity contribution in [1.29, 1.82) is 0 Å². The van der Waals surface area contributed by atoms with E-state index in [2.05, 4.69) is 25.3 Å². The van der Waals surface area contributed by atoms with Gasteiger partial charge in [-0.25, -0.2) is 28.2 Å². The second-order valence-electron chi connectivity index (χ2n) is 6.41. The molecule has 0 saturated carbocycles. The zero-order valence-electron chi connectivity index (χ0n) is 14.2. The molecule has 0 atom stereocenters. The summed E-state index contributed by atoms with van der Waals surface area (Å²) in [6, 6.07) is 5.23. The SMILES string of the molecule is CS(=O)(=O)N1CC(Nc2ccnc(-c3c[nH]c4ncccc34)n2)(C(=O)O)C1. The van der Waals surface area contributed by atoms with Crippen LogP contribution in [0.15, 0.2) is 36.8 Å². The van der Waals surface area contributed by atoms with Crippen LogP contribution < -0.4 is 5.32 Å². The molecule has 0 aromatic carbocycles. The van der Waals surface area contributed by atoms with E-state index in [4.69, 9.17) is 0 Å². The topological polar surface area (TPSA) is 141 Å². The maximum atomic E-state index is 11.7. The highest BCUT2D eigenvalue weighted by Gasteiger charge is 2.53. The number of nitrogens with one attached hydrogen (secondary N) is 2. The lowest BCUT2D eigenvalue weighted by atomic mass is 9.92. The number of aromatic nitrogens is 4. The van der Waals surface area contributed by atoms with Crippen molar-refractivity contribution in [2.45, 2.75) is 5.54 Å². The first-order chi connectivity index (χ1) is 12.8. The molecule has 27 heavy (non-hydrogen) atoms. The van der Waals surface area contributed by atoms with Crippen molar-refractivity contribution in [2.75, 3.05) is 24.7 Å². The number of rotatable bonds is 5. The molecule has 0 amide bonds. The fraction of sp³-hybridized carbons (Fsp3) is 0.250. The minimum atomic E-state index is -3.44. The number of hydrogen-bond donors (Lipinski definition) is 3. The van der Waals surface area contributed by atoms with Gasteiger partial charge in [0.2, 0.25) is 10.0 Å². The molecule has 1 saturated heterocycles. The second kappa shape index (κ2) is 5.99. The molecule has 3 aromatic heterocycles. The molecular weight excluding hydrogens is 372 g/mol. The lowest BCUT2D eigenvalue weighted by molar-refractivity contribution is -0.146. The van der Waals surface area contributed by atoms with Gasteiger partial charge < -0.3 is 15.4 Å². The van der Waals surface area contributed by atoms with E-state index in [1.54, 1.807) is 24.5 Å². The van der Waals surface area contributed by atoms with Gasteiger partial charge in [-0.1, -0.05) is 0 Å². The minimum Gasteiger partial charge on any atom is -0.479 e. The zero-order chi connectivity index (χ0) is 19.2. The zero-order valence-corrected chi connectivity index (χ0v) is 15.1. The second-order valence-corrected chi connectivity index (χ2v) is 8.39. The Morgan fingerprint density at radius 3 is 2.78 bits per heavy atom. The van der Waals surface area contributed by atoms with Crippen LogP contribution in [-0.4, -0.2) is 68.6 Å². The summed E-state index contributed by atoms with van der Waals surface area (Å²) < 4.78 is 24.3. The fourth-order valence-corrected chi connectivity index (χ4v) is 3.91. The van der Waals surface area contributed by atoms with Gasteiger partial charge in [0.05, 0.1) is 6.26 Å². The number of anilines is 1. The third-order valence-electron chi connectivity index (χ3n) is 4.49. The summed E-state index contributed by atoms with van der Waals surface area (Å²) in [7, 11) is -3.44. The van der Waals surface area contributed by atoms with Gasteiger partial charge in [0.25, 0.3) is 0 Å². The molecule has 1 fully saturated rings. The van der Waals surface area contributed by atoms with Crippen LogP contribution in [0.3, 0.4) is 0 Å². The molecule has 140 valence electrons. The maximum absolute atomic E-state index is 11.7. The lowest BCUT2D eigenvalue weighted by Gasteiger charge is -2.45. The number of fused-ring (bicyclic) bond motifs is 1.